The van der Waals surface area contributed by atoms with Crippen molar-refractivity contribution in [3.63, 3.8) is 0 Å². The number of ether oxygens (including phenoxy) is 1. The molecule has 0 spiro atoms. The zero-order chi connectivity index (χ0) is 12.3. The smallest absolute Gasteiger partial charge is 0.256 e. The highest BCUT2D eigenvalue weighted by atomic mass is 16.5. The summed E-state index contributed by atoms with van der Waals surface area (Å²) >= 11 is 0. The number of rotatable bonds is 4. The summed E-state index contributed by atoms with van der Waals surface area (Å²) in [5.74, 6) is 0.0286. The Labute approximate surface area is 99.8 Å². The van der Waals surface area contributed by atoms with E-state index >= 15 is 0 Å². The van der Waals surface area contributed by atoms with Crippen molar-refractivity contribution in [2.24, 2.45) is 0 Å². The van der Waals surface area contributed by atoms with Gasteiger partial charge in [-0.15, -0.1) is 0 Å². The molecule has 0 atom stereocenters. The fourth-order valence-corrected chi connectivity index (χ4v) is 1.83. The van der Waals surface area contributed by atoms with E-state index in [1.165, 1.54) is 7.11 Å². The highest BCUT2D eigenvalue weighted by Gasteiger charge is 2.34. The second kappa shape index (κ2) is 4.71. The number of hydrogen-bond acceptors (Lipinski definition) is 4. The number of amides is 1. The van der Waals surface area contributed by atoms with Crippen LogP contribution in [0.5, 0.6) is 5.88 Å². The summed E-state index contributed by atoms with van der Waals surface area (Å²) in [6.07, 6.45) is 4.08. The molecule has 92 valence electrons. The van der Waals surface area contributed by atoms with Crippen molar-refractivity contribution in [3.05, 3.63) is 23.9 Å². The summed E-state index contributed by atoms with van der Waals surface area (Å²) in [4.78, 5) is 15.8. The van der Waals surface area contributed by atoms with Gasteiger partial charge in [0.25, 0.3) is 5.91 Å². The fraction of sp³-hybridized carbons (Fsp3) is 0.500. The Hall–Kier alpha value is -1.62. The molecule has 1 heterocycles. The second-order valence-corrected chi connectivity index (χ2v) is 4.32. The lowest BCUT2D eigenvalue weighted by atomic mass is 9.80. The van der Waals surface area contributed by atoms with Gasteiger partial charge < -0.3 is 15.2 Å². The van der Waals surface area contributed by atoms with E-state index in [4.69, 9.17) is 4.74 Å². The monoisotopic (exact) mass is 236 g/mol. The molecule has 1 saturated carbocycles. The normalized spacial score (nSPS) is 17.1. The first kappa shape index (κ1) is 11.9. The highest BCUT2D eigenvalue weighted by Crippen LogP contribution is 2.30. The molecule has 17 heavy (non-hydrogen) atoms. The molecule has 0 aliphatic heterocycles. The standard InChI is InChI=1S/C12H16N2O3/c1-17-11-9(4-2-7-13-11)10(15)14-8-12(16)5-3-6-12/h2,4,7,16H,3,5-6,8H2,1H3,(H,14,15). The Balaban J connectivity index is 1.99. The van der Waals surface area contributed by atoms with E-state index < -0.39 is 5.60 Å². The lowest BCUT2D eigenvalue weighted by molar-refractivity contribution is -0.0300. The molecule has 5 heteroatoms. The van der Waals surface area contributed by atoms with Crippen LogP contribution < -0.4 is 10.1 Å². The van der Waals surface area contributed by atoms with Crippen LogP contribution in [0, 0.1) is 0 Å². The maximum absolute atomic E-state index is 11.9. The van der Waals surface area contributed by atoms with Crippen LogP contribution in [0.4, 0.5) is 0 Å². The molecule has 1 aliphatic carbocycles. The molecular formula is C12H16N2O3. The Kier molecular flexibility index (Phi) is 3.28. The number of aliphatic hydroxyl groups is 1. The van der Waals surface area contributed by atoms with Crippen LogP contribution in [0.15, 0.2) is 18.3 Å². The Morgan fingerprint density at radius 3 is 3.00 bits per heavy atom. The first-order valence-electron chi connectivity index (χ1n) is 5.64. The number of pyridine rings is 1. The first-order valence-corrected chi connectivity index (χ1v) is 5.64. The minimum Gasteiger partial charge on any atom is -0.480 e. The van der Waals surface area contributed by atoms with Gasteiger partial charge in [0.1, 0.15) is 5.56 Å². The van der Waals surface area contributed by atoms with Crippen LogP contribution in [0.1, 0.15) is 29.6 Å². The average molecular weight is 236 g/mol. The van der Waals surface area contributed by atoms with Crippen molar-refractivity contribution >= 4 is 5.91 Å². The molecular weight excluding hydrogens is 220 g/mol. The summed E-state index contributed by atoms with van der Waals surface area (Å²) in [6, 6.07) is 3.32. The van der Waals surface area contributed by atoms with Crippen molar-refractivity contribution < 1.29 is 14.6 Å². The number of hydrogen-bond donors (Lipinski definition) is 2. The Morgan fingerprint density at radius 1 is 1.65 bits per heavy atom. The predicted molar refractivity (Wildman–Crippen MR) is 61.9 cm³/mol. The molecule has 2 N–H and O–H groups in total. The Bertz CT molecular complexity index is 416. The number of carbonyl (C=O) groups excluding carboxylic acids is 1. The maximum atomic E-state index is 11.9. The third kappa shape index (κ3) is 2.55. The summed E-state index contributed by atoms with van der Waals surface area (Å²) in [5.41, 5.74) is -0.330. The van der Waals surface area contributed by atoms with E-state index in [-0.39, 0.29) is 12.5 Å². The van der Waals surface area contributed by atoms with E-state index in [1.54, 1.807) is 18.3 Å². The molecule has 0 unspecified atom stereocenters. The quantitative estimate of drug-likeness (QED) is 0.808. The minimum absolute atomic E-state index is 0.268. The van der Waals surface area contributed by atoms with E-state index in [9.17, 15) is 9.90 Å². The van der Waals surface area contributed by atoms with Crippen LogP contribution in [0.3, 0.4) is 0 Å². The lowest BCUT2D eigenvalue weighted by Gasteiger charge is -2.36. The summed E-state index contributed by atoms with van der Waals surface area (Å²) in [7, 11) is 1.47. The number of nitrogens with zero attached hydrogens (tertiary/aromatic N) is 1. The molecule has 2 rings (SSSR count). The molecule has 1 aliphatic rings. The number of methoxy groups -OCH3 is 1. The number of carbonyl (C=O) groups is 1. The molecule has 5 nitrogen and oxygen atoms in total. The van der Waals surface area contributed by atoms with Crippen LogP contribution in [-0.4, -0.2) is 35.3 Å². The van der Waals surface area contributed by atoms with Gasteiger partial charge in [-0.1, -0.05) is 0 Å². The summed E-state index contributed by atoms with van der Waals surface area (Å²) in [6.45, 7) is 0.282. The first-order chi connectivity index (χ1) is 8.14. The molecule has 0 aromatic carbocycles. The van der Waals surface area contributed by atoms with E-state index in [1.807, 2.05) is 0 Å². The van der Waals surface area contributed by atoms with Crippen molar-refractivity contribution in [2.45, 2.75) is 24.9 Å². The lowest BCUT2D eigenvalue weighted by Crippen LogP contribution is -2.47. The van der Waals surface area contributed by atoms with Gasteiger partial charge in [0.05, 0.1) is 12.7 Å². The van der Waals surface area contributed by atoms with Gasteiger partial charge in [-0.3, -0.25) is 4.79 Å². The molecule has 0 bridgehead atoms. The third-order valence-electron chi connectivity index (χ3n) is 3.07. The van der Waals surface area contributed by atoms with Gasteiger partial charge >= 0.3 is 0 Å². The van der Waals surface area contributed by atoms with Crippen LogP contribution in [0.25, 0.3) is 0 Å². The van der Waals surface area contributed by atoms with E-state index in [0.29, 0.717) is 11.4 Å². The van der Waals surface area contributed by atoms with Gasteiger partial charge in [-0.2, -0.15) is 0 Å². The number of nitrogens with one attached hydrogen (secondary N) is 1. The van der Waals surface area contributed by atoms with Crippen molar-refractivity contribution in [2.75, 3.05) is 13.7 Å². The van der Waals surface area contributed by atoms with Gasteiger partial charge in [0.2, 0.25) is 5.88 Å². The molecule has 1 amide bonds. The predicted octanol–water partition coefficient (Wildman–Crippen LogP) is 0.735. The van der Waals surface area contributed by atoms with E-state index in [0.717, 1.165) is 19.3 Å². The Morgan fingerprint density at radius 2 is 2.41 bits per heavy atom. The van der Waals surface area contributed by atoms with Crippen molar-refractivity contribution in [3.8, 4) is 5.88 Å². The maximum Gasteiger partial charge on any atom is 0.256 e. The molecule has 1 aromatic rings. The number of aromatic nitrogens is 1. The van der Waals surface area contributed by atoms with Crippen LogP contribution in [0.2, 0.25) is 0 Å². The summed E-state index contributed by atoms with van der Waals surface area (Å²) < 4.78 is 5.00. The zero-order valence-corrected chi connectivity index (χ0v) is 9.77. The third-order valence-corrected chi connectivity index (χ3v) is 3.07. The highest BCUT2D eigenvalue weighted by molar-refractivity contribution is 5.96. The molecule has 0 saturated heterocycles. The van der Waals surface area contributed by atoms with Gasteiger partial charge in [0.15, 0.2) is 0 Å². The average Bonchev–Trinajstić information content (AvgIpc) is 2.33. The zero-order valence-electron chi connectivity index (χ0n) is 9.77. The van der Waals surface area contributed by atoms with Gasteiger partial charge in [0, 0.05) is 12.7 Å². The molecule has 1 aromatic heterocycles. The largest absolute Gasteiger partial charge is 0.480 e. The summed E-state index contributed by atoms with van der Waals surface area (Å²) in [5, 5.41) is 12.6. The van der Waals surface area contributed by atoms with Gasteiger partial charge in [-0.25, -0.2) is 4.98 Å². The second-order valence-electron chi connectivity index (χ2n) is 4.32. The van der Waals surface area contributed by atoms with E-state index in [2.05, 4.69) is 10.3 Å². The van der Waals surface area contributed by atoms with Gasteiger partial charge in [-0.05, 0) is 31.4 Å². The van der Waals surface area contributed by atoms with Crippen molar-refractivity contribution in [1.29, 1.82) is 0 Å². The molecule has 0 radical (unpaired) electrons. The van der Waals surface area contributed by atoms with Crippen molar-refractivity contribution in [1.82, 2.24) is 10.3 Å². The fourth-order valence-electron chi connectivity index (χ4n) is 1.83. The minimum atomic E-state index is -0.717. The van der Waals surface area contributed by atoms with Crippen LogP contribution >= 0.6 is 0 Å². The van der Waals surface area contributed by atoms with Crippen LogP contribution in [-0.2, 0) is 0 Å². The molecule has 1 fully saturated rings. The SMILES string of the molecule is COc1ncccc1C(=O)NCC1(O)CCC1. The topological polar surface area (TPSA) is 71.5 Å².